The number of hydrogen-bond acceptors (Lipinski definition) is 5. The predicted molar refractivity (Wildman–Crippen MR) is 115 cm³/mol. The van der Waals surface area contributed by atoms with Crippen LogP contribution in [-0.4, -0.2) is 28.3 Å². The van der Waals surface area contributed by atoms with Crippen LogP contribution in [0.1, 0.15) is 90.9 Å². The molecule has 27 heavy (non-hydrogen) atoms. The lowest BCUT2D eigenvalue weighted by atomic mass is 10.1. The van der Waals surface area contributed by atoms with Crippen molar-refractivity contribution in [3.63, 3.8) is 0 Å². The lowest BCUT2D eigenvalue weighted by Gasteiger charge is -2.08. The third-order valence-corrected chi connectivity index (χ3v) is 9.64. The van der Waals surface area contributed by atoms with E-state index in [2.05, 4.69) is 13.8 Å². The molecule has 1 aromatic rings. The van der Waals surface area contributed by atoms with Crippen molar-refractivity contribution >= 4 is 31.0 Å². The molecule has 4 nitrogen and oxygen atoms in total. The molecule has 1 rings (SSSR count). The third kappa shape index (κ3) is 9.09. The Morgan fingerprint density at radius 2 is 0.926 bits per heavy atom. The minimum Gasteiger partial charge on any atom is -0.224 e. The summed E-state index contributed by atoms with van der Waals surface area (Å²) in [6.07, 6.45) is 12.0. The van der Waals surface area contributed by atoms with Gasteiger partial charge in [0, 0.05) is 10.8 Å². The van der Waals surface area contributed by atoms with Gasteiger partial charge in [-0.2, -0.15) is 0 Å². The Morgan fingerprint density at radius 1 is 0.593 bits per heavy atom. The van der Waals surface area contributed by atoms with E-state index in [1.165, 1.54) is 23.6 Å². The maximum absolute atomic E-state index is 12.6. The van der Waals surface area contributed by atoms with Crippen molar-refractivity contribution in [1.29, 1.82) is 0 Å². The van der Waals surface area contributed by atoms with Crippen molar-refractivity contribution in [2.75, 3.05) is 11.5 Å². The second kappa shape index (κ2) is 12.9. The average molecular weight is 437 g/mol. The van der Waals surface area contributed by atoms with Gasteiger partial charge in [-0.25, -0.2) is 16.8 Å². The summed E-state index contributed by atoms with van der Waals surface area (Å²) < 4.78 is 50.6. The van der Waals surface area contributed by atoms with Crippen LogP contribution in [0.5, 0.6) is 0 Å². The first kappa shape index (κ1) is 24.6. The summed E-state index contributed by atoms with van der Waals surface area (Å²) in [6, 6.07) is 0. The second-order valence-corrected chi connectivity index (χ2v) is 12.2. The normalized spacial score (nSPS) is 12.5. The first-order valence-corrected chi connectivity index (χ1v) is 14.6. The molecule has 0 saturated heterocycles. The van der Waals surface area contributed by atoms with Gasteiger partial charge in [-0.3, -0.25) is 0 Å². The molecule has 0 aliphatic heterocycles. The Balaban J connectivity index is 2.60. The smallest absolute Gasteiger partial charge is 0.180 e. The molecule has 0 aliphatic rings. The molecule has 1 aromatic heterocycles. The van der Waals surface area contributed by atoms with E-state index >= 15 is 0 Å². The van der Waals surface area contributed by atoms with Crippen LogP contribution in [0.3, 0.4) is 0 Å². The average Bonchev–Trinajstić information content (AvgIpc) is 3.13. The fourth-order valence-electron chi connectivity index (χ4n) is 3.09. The molecule has 0 saturated carbocycles. The van der Waals surface area contributed by atoms with Gasteiger partial charge in [0.15, 0.2) is 19.7 Å². The Kier molecular flexibility index (Phi) is 11.8. The number of thiophene rings is 1. The van der Waals surface area contributed by atoms with Crippen LogP contribution < -0.4 is 0 Å². The van der Waals surface area contributed by atoms with E-state index in [4.69, 9.17) is 0 Å². The van der Waals surface area contributed by atoms with Gasteiger partial charge in [-0.15, -0.1) is 11.3 Å². The Hall–Kier alpha value is -0.400. The first-order chi connectivity index (χ1) is 12.8. The molecule has 0 fully saturated rings. The summed E-state index contributed by atoms with van der Waals surface area (Å²) in [6.45, 7) is 4.29. The van der Waals surface area contributed by atoms with Crippen LogP contribution in [0.2, 0.25) is 0 Å². The molecule has 158 valence electrons. The minimum absolute atomic E-state index is 0.0204. The van der Waals surface area contributed by atoms with Crippen molar-refractivity contribution in [3.8, 4) is 0 Å². The van der Waals surface area contributed by atoms with Crippen LogP contribution in [0, 0.1) is 0 Å². The molecule has 0 aromatic carbocycles. The lowest BCUT2D eigenvalue weighted by Crippen LogP contribution is -2.13. The topological polar surface area (TPSA) is 68.3 Å². The SMILES string of the molecule is CCCCCCCCS(=O)(=O)c1cscc1S(=O)(=O)CCCCCCCC. The van der Waals surface area contributed by atoms with Crippen molar-refractivity contribution in [3.05, 3.63) is 10.8 Å². The van der Waals surface area contributed by atoms with E-state index in [0.29, 0.717) is 12.8 Å². The zero-order chi connectivity index (χ0) is 20.2. The van der Waals surface area contributed by atoms with E-state index in [1.807, 2.05) is 0 Å². The number of sulfone groups is 2. The number of unbranched alkanes of at least 4 members (excludes halogenated alkanes) is 10. The fourth-order valence-corrected chi connectivity index (χ4v) is 8.42. The van der Waals surface area contributed by atoms with Crippen LogP contribution in [0.25, 0.3) is 0 Å². The van der Waals surface area contributed by atoms with Gasteiger partial charge in [0.05, 0.1) is 21.3 Å². The summed E-state index contributed by atoms with van der Waals surface area (Å²) in [7, 11) is -7.07. The maximum Gasteiger partial charge on any atom is 0.180 e. The molecule has 0 N–H and O–H groups in total. The lowest BCUT2D eigenvalue weighted by molar-refractivity contribution is 0.573. The highest BCUT2D eigenvalue weighted by Gasteiger charge is 2.27. The van der Waals surface area contributed by atoms with Gasteiger partial charge in [0.25, 0.3) is 0 Å². The monoisotopic (exact) mass is 436 g/mol. The quantitative estimate of drug-likeness (QED) is 0.297. The Morgan fingerprint density at radius 3 is 1.30 bits per heavy atom. The highest BCUT2D eigenvalue weighted by molar-refractivity contribution is 7.94. The van der Waals surface area contributed by atoms with Crippen LogP contribution in [0.15, 0.2) is 20.6 Å². The molecule has 0 radical (unpaired) electrons. The third-order valence-electron chi connectivity index (χ3n) is 4.80. The van der Waals surface area contributed by atoms with Gasteiger partial charge >= 0.3 is 0 Å². The minimum atomic E-state index is -3.53. The zero-order valence-electron chi connectivity index (χ0n) is 16.9. The van der Waals surface area contributed by atoms with E-state index in [9.17, 15) is 16.8 Å². The summed E-state index contributed by atoms with van der Waals surface area (Å²) in [5, 5.41) is 2.97. The van der Waals surface area contributed by atoms with Crippen molar-refractivity contribution in [2.45, 2.75) is 101 Å². The molecule has 1 heterocycles. The summed E-state index contributed by atoms with van der Waals surface area (Å²) >= 11 is 1.16. The standard InChI is InChI=1S/C20H36O4S3/c1-3-5-7-9-11-13-15-26(21,22)19-17-25-18-20(19)27(23,24)16-14-12-10-8-6-4-2/h17-18H,3-16H2,1-2H3. The largest absolute Gasteiger partial charge is 0.224 e. The Labute approximate surface area is 170 Å². The van der Waals surface area contributed by atoms with Crippen LogP contribution in [0.4, 0.5) is 0 Å². The zero-order valence-corrected chi connectivity index (χ0v) is 19.4. The van der Waals surface area contributed by atoms with E-state index in [1.54, 1.807) is 0 Å². The predicted octanol–water partition coefficient (Wildman–Crippen LogP) is 6.02. The molecule has 0 spiro atoms. The molecule has 0 atom stereocenters. The molecule has 0 aliphatic carbocycles. The fraction of sp³-hybridized carbons (Fsp3) is 0.800. The Bertz CT molecular complexity index is 658. The van der Waals surface area contributed by atoms with Crippen molar-refractivity contribution < 1.29 is 16.8 Å². The van der Waals surface area contributed by atoms with Gasteiger partial charge in [0.2, 0.25) is 0 Å². The highest BCUT2D eigenvalue weighted by atomic mass is 32.2. The van der Waals surface area contributed by atoms with Gasteiger partial charge in [-0.1, -0.05) is 78.1 Å². The first-order valence-electron chi connectivity index (χ1n) is 10.4. The van der Waals surface area contributed by atoms with Crippen LogP contribution >= 0.6 is 11.3 Å². The molecule has 0 unspecified atom stereocenters. The molecule has 0 bridgehead atoms. The summed E-state index contributed by atoms with van der Waals surface area (Å²) in [5.74, 6) is 0.0742. The molecule has 0 amide bonds. The van der Waals surface area contributed by atoms with Crippen molar-refractivity contribution in [1.82, 2.24) is 0 Å². The highest BCUT2D eigenvalue weighted by Crippen LogP contribution is 2.28. The van der Waals surface area contributed by atoms with Crippen molar-refractivity contribution in [2.24, 2.45) is 0 Å². The summed E-state index contributed by atoms with van der Waals surface area (Å²) in [5.41, 5.74) is 0. The summed E-state index contributed by atoms with van der Waals surface area (Å²) in [4.78, 5) is 0.0408. The molecule has 7 heteroatoms. The second-order valence-electron chi connectivity index (χ2n) is 7.27. The van der Waals surface area contributed by atoms with E-state index < -0.39 is 19.7 Å². The van der Waals surface area contributed by atoms with Crippen LogP contribution in [-0.2, 0) is 19.7 Å². The number of hydrogen-bond donors (Lipinski definition) is 0. The van der Waals surface area contributed by atoms with Gasteiger partial charge in [-0.05, 0) is 12.8 Å². The van der Waals surface area contributed by atoms with Gasteiger partial charge in [0.1, 0.15) is 0 Å². The van der Waals surface area contributed by atoms with Gasteiger partial charge < -0.3 is 0 Å². The van der Waals surface area contributed by atoms with E-state index in [0.717, 1.165) is 62.7 Å². The van der Waals surface area contributed by atoms with E-state index in [-0.39, 0.29) is 21.3 Å². The number of rotatable bonds is 16. The maximum atomic E-state index is 12.6. The molecular formula is C20H36O4S3. The molecular weight excluding hydrogens is 400 g/mol.